The van der Waals surface area contributed by atoms with E-state index in [1.54, 1.807) is 0 Å². The third kappa shape index (κ3) is 51.9. The number of ether oxygens (including phenoxy) is 3. The molecule has 0 amide bonds. The molecule has 0 aromatic heterocycles. The van der Waals surface area contributed by atoms with E-state index in [9.17, 15) is 14.4 Å². The molecule has 0 rings (SSSR count). The van der Waals surface area contributed by atoms with Crippen LogP contribution in [0, 0.1) is 0 Å². The Hall–Kier alpha value is -2.89. The normalized spacial score (nSPS) is 12.5. The number of unbranched alkanes of at least 4 members (excludes halogenated alkanes) is 29. The number of rotatable bonds is 50. The van der Waals surface area contributed by atoms with Crippen LogP contribution in [0.4, 0.5) is 0 Å². The maximum Gasteiger partial charge on any atom is 0.306 e. The summed E-state index contributed by atoms with van der Waals surface area (Å²) in [6.45, 7) is 6.56. The maximum absolute atomic E-state index is 12.8. The number of carbonyl (C=O) groups is 3. The minimum Gasteiger partial charge on any atom is -0.462 e. The van der Waals surface area contributed by atoms with E-state index in [2.05, 4.69) is 81.5 Å². The van der Waals surface area contributed by atoms with Gasteiger partial charge in [-0.25, -0.2) is 0 Å². The van der Waals surface area contributed by atoms with Crippen LogP contribution in [-0.2, 0) is 28.6 Å². The number of hydrogen-bond acceptors (Lipinski definition) is 6. The number of esters is 3. The van der Waals surface area contributed by atoms with Gasteiger partial charge in [0.1, 0.15) is 13.2 Å². The average molecular weight is 909 g/mol. The fourth-order valence-electron chi connectivity index (χ4n) is 7.78. The van der Waals surface area contributed by atoms with Crippen molar-refractivity contribution >= 4 is 17.9 Å². The lowest BCUT2D eigenvalue weighted by Gasteiger charge is -2.18. The van der Waals surface area contributed by atoms with Crippen molar-refractivity contribution in [2.45, 2.75) is 284 Å². The summed E-state index contributed by atoms with van der Waals surface area (Å²) in [6.07, 6.45) is 66.4. The predicted octanol–water partition coefficient (Wildman–Crippen LogP) is 18.4. The molecule has 0 aromatic rings. The van der Waals surface area contributed by atoms with Gasteiger partial charge in [0.2, 0.25) is 0 Å². The van der Waals surface area contributed by atoms with Crippen LogP contribution in [0.1, 0.15) is 278 Å². The van der Waals surface area contributed by atoms with E-state index in [1.165, 1.54) is 161 Å². The highest BCUT2D eigenvalue weighted by Gasteiger charge is 2.19. The SMILES string of the molecule is CCCCC/C=C\C/C=C\C/C=C\C/C=C\CCCC(=O)O[C@H](COC(=O)CCCCCCC/C=C\CCCCC)COC(=O)CCCCCCCCCCCCCCCCCCCC. The van der Waals surface area contributed by atoms with Gasteiger partial charge in [-0.3, -0.25) is 14.4 Å². The molecule has 1 atom stereocenters. The summed E-state index contributed by atoms with van der Waals surface area (Å²) in [5, 5.41) is 0. The van der Waals surface area contributed by atoms with E-state index in [4.69, 9.17) is 14.2 Å². The topological polar surface area (TPSA) is 78.9 Å². The van der Waals surface area contributed by atoms with Gasteiger partial charge in [-0.05, 0) is 83.5 Å². The Labute approximate surface area is 402 Å². The summed E-state index contributed by atoms with van der Waals surface area (Å²) in [7, 11) is 0. The Morgan fingerprint density at radius 2 is 0.569 bits per heavy atom. The van der Waals surface area contributed by atoms with Gasteiger partial charge in [0.25, 0.3) is 0 Å². The summed E-state index contributed by atoms with van der Waals surface area (Å²) in [6, 6.07) is 0. The molecule has 6 heteroatoms. The van der Waals surface area contributed by atoms with E-state index in [0.29, 0.717) is 19.3 Å². The van der Waals surface area contributed by atoms with E-state index >= 15 is 0 Å². The minimum absolute atomic E-state index is 0.0961. The van der Waals surface area contributed by atoms with Crippen molar-refractivity contribution in [3.05, 3.63) is 60.8 Å². The van der Waals surface area contributed by atoms with Crippen molar-refractivity contribution in [1.82, 2.24) is 0 Å². The van der Waals surface area contributed by atoms with Crippen molar-refractivity contribution < 1.29 is 28.6 Å². The van der Waals surface area contributed by atoms with Crippen molar-refractivity contribution in [3.8, 4) is 0 Å². The summed E-state index contributed by atoms with van der Waals surface area (Å²) < 4.78 is 16.8. The van der Waals surface area contributed by atoms with E-state index < -0.39 is 6.10 Å². The molecular formula is C59H104O6. The fraction of sp³-hybridized carbons (Fsp3) is 0.780. The molecular weight excluding hydrogens is 805 g/mol. The molecule has 376 valence electrons. The zero-order chi connectivity index (χ0) is 47.2. The van der Waals surface area contributed by atoms with Crippen LogP contribution in [-0.4, -0.2) is 37.2 Å². The fourth-order valence-corrected chi connectivity index (χ4v) is 7.78. The van der Waals surface area contributed by atoms with Gasteiger partial charge >= 0.3 is 17.9 Å². The molecule has 65 heavy (non-hydrogen) atoms. The summed E-state index contributed by atoms with van der Waals surface area (Å²) >= 11 is 0. The Morgan fingerprint density at radius 3 is 0.954 bits per heavy atom. The first-order valence-corrected chi connectivity index (χ1v) is 27.8. The smallest absolute Gasteiger partial charge is 0.306 e. The standard InChI is InChI=1S/C59H104O6/c1-4-7-10-13-16-19-22-25-27-29-31-32-34-37-40-43-46-49-52-58(61)64-55-56(54-63-57(60)51-48-45-42-39-36-24-21-18-15-12-9-6-3)65-59(62)53-50-47-44-41-38-35-33-30-28-26-23-20-17-14-11-8-5-2/h17-18,20-21,26,28,33,35,41,44,56H,4-16,19,22-25,27,29-32,34,36-40,42-43,45-55H2,1-3H3/b20-17-,21-18-,28-26-,35-33-,44-41-/t56-/m1/s1. The van der Waals surface area contributed by atoms with Crippen LogP contribution in [0.5, 0.6) is 0 Å². The van der Waals surface area contributed by atoms with Gasteiger partial charge < -0.3 is 14.2 Å². The number of allylic oxidation sites excluding steroid dienone is 10. The zero-order valence-corrected chi connectivity index (χ0v) is 43.0. The quantitative estimate of drug-likeness (QED) is 0.0262. The number of carbonyl (C=O) groups excluding carboxylic acids is 3. The first-order valence-electron chi connectivity index (χ1n) is 27.8. The molecule has 0 aliphatic rings. The van der Waals surface area contributed by atoms with Crippen molar-refractivity contribution in [2.75, 3.05) is 13.2 Å². The van der Waals surface area contributed by atoms with Crippen LogP contribution in [0.25, 0.3) is 0 Å². The molecule has 0 aliphatic heterocycles. The van der Waals surface area contributed by atoms with Crippen LogP contribution < -0.4 is 0 Å². The van der Waals surface area contributed by atoms with E-state index in [1.807, 2.05) is 0 Å². The Balaban J connectivity index is 4.42. The van der Waals surface area contributed by atoms with Gasteiger partial charge in [0.05, 0.1) is 0 Å². The molecule has 0 saturated carbocycles. The van der Waals surface area contributed by atoms with E-state index in [-0.39, 0.29) is 37.5 Å². The molecule has 0 unspecified atom stereocenters. The highest BCUT2D eigenvalue weighted by molar-refractivity contribution is 5.71. The second-order valence-electron chi connectivity index (χ2n) is 18.5. The minimum atomic E-state index is -0.803. The lowest BCUT2D eigenvalue weighted by atomic mass is 10.0. The molecule has 0 spiro atoms. The van der Waals surface area contributed by atoms with Gasteiger partial charge in [-0.1, -0.05) is 236 Å². The lowest BCUT2D eigenvalue weighted by molar-refractivity contribution is -0.167. The Morgan fingerprint density at radius 1 is 0.308 bits per heavy atom. The molecule has 0 N–H and O–H groups in total. The molecule has 0 aliphatic carbocycles. The highest BCUT2D eigenvalue weighted by atomic mass is 16.6. The average Bonchev–Trinajstić information content (AvgIpc) is 3.30. The first kappa shape index (κ1) is 62.1. The van der Waals surface area contributed by atoms with Crippen LogP contribution >= 0.6 is 0 Å². The van der Waals surface area contributed by atoms with E-state index in [0.717, 1.165) is 70.6 Å². The third-order valence-electron chi connectivity index (χ3n) is 12.0. The summed E-state index contributed by atoms with van der Waals surface area (Å²) in [5.41, 5.74) is 0. The largest absolute Gasteiger partial charge is 0.462 e. The van der Waals surface area contributed by atoms with Crippen molar-refractivity contribution in [2.24, 2.45) is 0 Å². The molecule has 6 nitrogen and oxygen atoms in total. The maximum atomic E-state index is 12.8. The van der Waals surface area contributed by atoms with Gasteiger partial charge in [0.15, 0.2) is 6.10 Å². The Bertz CT molecular complexity index is 1180. The van der Waals surface area contributed by atoms with Crippen LogP contribution in [0.15, 0.2) is 60.8 Å². The summed E-state index contributed by atoms with van der Waals surface area (Å²) in [4.78, 5) is 38.0. The van der Waals surface area contributed by atoms with Gasteiger partial charge in [-0.2, -0.15) is 0 Å². The lowest BCUT2D eigenvalue weighted by Crippen LogP contribution is -2.30. The second kappa shape index (κ2) is 53.7. The monoisotopic (exact) mass is 909 g/mol. The molecule has 0 saturated heterocycles. The molecule has 0 heterocycles. The van der Waals surface area contributed by atoms with Crippen molar-refractivity contribution in [1.29, 1.82) is 0 Å². The number of hydrogen-bond donors (Lipinski definition) is 0. The third-order valence-corrected chi connectivity index (χ3v) is 12.0. The highest BCUT2D eigenvalue weighted by Crippen LogP contribution is 2.16. The molecule has 0 aromatic carbocycles. The van der Waals surface area contributed by atoms with Crippen LogP contribution in [0.3, 0.4) is 0 Å². The predicted molar refractivity (Wildman–Crippen MR) is 279 cm³/mol. The van der Waals surface area contributed by atoms with Gasteiger partial charge in [-0.15, -0.1) is 0 Å². The Kier molecular flexibility index (Phi) is 51.3. The van der Waals surface area contributed by atoms with Crippen molar-refractivity contribution in [3.63, 3.8) is 0 Å². The zero-order valence-electron chi connectivity index (χ0n) is 43.0. The summed E-state index contributed by atoms with van der Waals surface area (Å²) in [5.74, 6) is -0.953. The first-order chi connectivity index (χ1) is 32.0. The van der Waals surface area contributed by atoms with Gasteiger partial charge in [0, 0.05) is 19.3 Å². The molecule has 0 radical (unpaired) electrons. The van der Waals surface area contributed by atoms with Crippen LogP contribution in [0.2, 0.25) is 0 Å². The molecule has 0 bridgehead atoms. The molecule has 0 fully saturated rings. The second-order valence-corrected chi connectivity index (χ2v) is 18.5.